The minimum Gasteiger partial charge on any atom is -0.466 e. The Bertz CT molecular complexity index is 1160. The summed E-state index contributed by atoms with van der Waals surface area (Å²) in [6, 6.07) is 11.0. The molecule has 0 unspecified atom stereocenters. The molecule has 0 saturated carbocycles. The van der Waals surface area contributed by atoms with Gasteiger partial charge < -0.3 is 18.6 Å². The van der Waals surface area contributed by atoms with E-state index in [2.05, 4.69) is 0 Å². The number of hydrogen-bond acceptors (Lipinski definition) is 6. The van der Waals surface area contributed by atoms with Crippen LogP contribution in [0.4, 0.5) is 0 Å². The molecule has 1 fully saturated rings. The van der Waals surface area contributed by atoms with Gasteiger partial charge in [-0.25, -0.2) is 4.79 Å². The van der Waals surface area contributed by atoms with Crippen molar-refractivity contribution < 1.29 is 23.4 Å². The number of carbonyl (C=O) groups is 1. The molecular formula is C23H21ClO6. The van der Waals surface area contributed by atoms with E-state index in [-0.39, 0.29) is 18.6 Å². The number of fused-ring (bicyclic) bond motifs is 1. The number of esters is 1. The van der Waals surface area contributed by atoms with Crippen LogP contribution in [-0.4, -0.2) is 25.8 Å². The quantitative estimate of drug-likeness (QED) is 0.437. The topological polar surface area (TPSA) is 75.0 Å². The van der Waals surface area contributed by atoms with Crippen LogP contribution < -0.4 is 5.63 Å². The molecule has 0 bridgehead atoms. The van der Waals surface area contributed by atoms with Gasteiger partial charge in [0.15, 0.2) is 6.29 Å². The van der Waals surface area contributed by atoms with Crippen molar-refractivity contribution in [2.45, 2.75) is 26.6 Å². The standard InChI is InChI=1S/C23H21ClO6/c1-3-27-20(25)11-17-21(14-5-4-6-15(10-14)23-28-7-8-29-23)16-9-13(2)18(24)12-19(16)30-22(17)26/h4-6,9-10,12,23H,3,7-8,11H2,1-2H3. The average Bonchev–Trinajstić information content (AvgIpc) is 3.25. The molecule has 7 heteroatoms. The van der Waals surface area contributed by atoms with Crippen molar-refractivity contribution in [3.63, 3.8) is 0 Å². The van der Waals surface area contributed by atoms with Crippen LogP contribution in [-0.2, 0) is 25.4 Å². The van der Waals surface area contributed by atoms with Gasteiger partial charge in [0.25, 0.3) is 0 Å². The largest absolute Gasteiger partial charge is 0.466 e. The van der Waals surface area contributed by atoms with Gasteiger partial charge in [-0.15, -0.1) is 0 Å². The van der Waals surface area contributed by atoms with E-state index in [0.717, 1.165) is 16.7 Å². The molecule has 1 aromatic heterocycles. The summed E-state index contributed by atoms with van der Waals surface area (Å²) in [6.07, 6.45) is -0.648. The average molecular weight is 429 g/mol. The first-order chi connectivity index (χ1) is 14.5. The van der Waals surface area contributed by atoms with Crippen molar-refractivity contribution in [3.05, 3.63) is 68.5 Å². The number of ether oxygens (including phenoxy) is 3. The Morgan fingerprint density at radius 1 is 1.20 bits per heavy atom. The summed E-state index contributed by atoms with van der Waals surface area (Å²) in [7, 11) is 0. The maximum Gasteiger partial charge on any atom is 0.340 e. The molecule has 4 rings (SSSR count). The highest BCUT2D eigenvalue weighted by Crippen LogP contribution is 2.35. The predicted molar refractivity (Wildman–Crippen MR) is 113 cm³/mol. The van der Waals surface area contributed by atoms with Crippen molar-refractivity contribution in [2.24, 2.45) is 0 Å². The molecule has 3 aromatic rings. The highest BCUT2D eigenvalue weighted by Gasteiger charge is 2.23. The minimum absolute atomic E-state index is 0.191. The fraction of sp³-hybridized carbons (Fsp3) is 0.304. The molecular weight excluding hydrogens is 408 g/mol. The first-order valence-electron chi connectivity index (χ1n) is 9.73. The van der Waals surface area contributed by atoms with E-state index >= 15 is 0 Å². The van der Waals surface area contributed by atoms with Crippen LogP contribution in [0, 0.1) is 6.92 Å². The second-order valence-electron chi connectivity index (χ2n) is 7.02. The van der Waals surface area contributed by atoms with Gasteiger partial charge in [0, 0.05) is 27.6 Å². The van der Waals surface area contributed by atoms with E-state index in [1.807, 2.05) is 37.3 Å². The van der Waals surface area contributed by atoms with Gasteiger partial charge in [0.1, 0.15) is 5.58 Å². The van der Waals surface area contributed by atoms with Crippen LogP contribution in [0.25, 0.3) is 22.1 Å². The van der Waals surface area contributed by atoms with Crippen LogP contribution in [0.5, 0.6) is 0 Å². The summed E-state index contributed by atoms with van der Waals surface area (Å²) in [6.45, 7) is 4.88. The van der Waals surface area contributed by atoms with Crippen LogP contribution in [0.1, 0.15) is 29.9 Å². The van der Waals surface area contributed by atoms with Crippen molar-refractivity contribution in [1.82, 2.24) is 0 Å². The lowest BCUT2D eigenvalue weighted by Crippen LogP contribution is -2.17. The zero-order chi connectivity index (χ0) is 21.3. The van der Waals surface area contributed by atoms with Crippen LogP contribution in [0.15, 0.2) is 45.6 Å². The van der Waals surface area contributed by atoms with Gasteiger partial charge >= 0.3 is 11.6 Å². The number of carbonyl (C=O) groups excluding carboxylic acids is 1. The number of rotatable bonds is 5. The Hall–Kier alpha value is -2.67. The first kappa shape index (κ1) is 20.6. The van der Waals surface area contributed by atoms with Gasteiger partial charge in [-0.3, -0.25) is 4.79 Å². The smallest absolute Gasteiger partial charge is 0.340 e. The van der Waals surface area contributed by atoms with Crippen molar-refractivity contribution >= 4 is 28.5 Å². The minimum atomic E-state index is -0.593. The molecule has 0 atom stereocenters. The monoisotopic (exact) mass is 428 g/mol. The third-order valence-corrected chi connectivity index (χ3v) is 5.38. The molecule has 0 spiro atoms. The van der Waals surface area contributed by atoms with E-state index in [1.165, 1.54) is 0 Å². The first-order valence-corrected chi connectivity index (χ1v) is 10.1. The second kappa shape index (κ2) is 8.60. The summed E-state index contributed by atoms with van der Waals surface area (Å²) < 4.78 is 21.8. The second-order valence-corrected chi connectivity index (χ2v) is 7.43. The van der Waals surface area contributed by atoms with Gasteiger partial charge in [-0.1, -0.05) is 29.8 Å². The van der Waals surface area contributed by atoms with Crippen molar-refractivity contribution in [3.8, 4) is 11.1 Å². The highest BCUT2D eigenvalue weighted by atomic mass is 35.5. The molecule has 2 heterocycles. The molecule has 2 aromatic carbocycles. The Morgan fingerprint density at radius 2 is 1.97 bits per heavy atom. The lowest BCUT2D eigenvalue weighted by molar-refractivity contribution is -0.142. The molecule has 1 aliphatic rings. The van der Waals surface area contributed by atoms with Gasteiger partial charge in [0.05, 0.1) is 31.8 Å². The fourth-order valence-electron chi connectivity index (χ4n) is 3.61. The Labute approximate surface area is 178 Å². The zero-order valence-corrected chi connectivity index (χ0v) is 17.5. The lowest BCUT2D eigenvalue weighted by Gasteiger charge is -2.15. The molecule has 0 amide bonds. The van der Waals surface area contributed by atoms with E-state index in [1.54, 1.807) is 13.0 Å². The number of aryl methyl sites for hydroxylation is 1. The molecule has 0 aliphatic carbocycles. The van der Waals surface area contributed by atoms with E-state index in [4.69, 9.17) is 30.2 Å². The summed E-state index contributed by atoms with van der Waals surface area (Å²) in [5.41, 5.74) is 3.05. The van der Waals surface area contributed by atoms with Crippen LogP contribution in [0.3, 0.4) is 0 Å². The normalized spacial score (nSPS) is 14.4. The Balaban J connectivity index is 1.95. The van der Waals surface area contributed by atoms with E-state index in [9.17, 15) is 9.59 Å². The number of benzene rings is 2. The number of halogens is 1. The van der Waals surface area contributed by atoms with Gasteiger partial charge in [0.2, 0.25) is 0 Å². The maximum atomic E-state index is 12.8. The van der Waals surface area contributed by atoms with Crippen molar-refractivity contribution in [2.75, 3.05) is 19.8 Å². The molecule has 0 N–H and O–H groups in total. The van der Waals surface area contributed by atoms with E-state index < -0.39 is 17.9 Å². The molecule has 1 aliphatic heterocycles. The number of hydrogen-bond donors (Lipinski definition) is 0. The molecule has 0 radical (unpaired) electrons. The van der Waals surface area contributed by atoms with Crippen LogP contribution >= 0.6 is 11.6 Å². The Morgan fingerprint density at radius 3 is 2.70 bits per heavy atom. The molecule has 1 saturated heterocycles. The van der Waals surface area contributed by atoms with Crippen molar-refractivity contribution in [1.29, 1.82) is 0 Å². The molecule has 30 heavy (non-hydrogen) atoms. The lowest BCUT2D eigenvalue weighted by atomic mass is 9.93. The van der Waals surface area contributed by atoms with E-state index in [0.29, 0.717) is 34.8 Å². The van der Waals surface area contributed by atoms with Gasteiger partial charge in [-0.2, -0.15) is 0 Å². The highest BCUT2D eigenvalue weighted by molar-refractivity contribution is 6.32. The summed E-state index contributed by atoms with van der Waals surface area (Å²) in [5, 5.41) is 1.19. The molecule has 156 valence electrons. The third-order valence-electron chi connectivity index (χ3n) is 4.98. The predicted octanol–water partition coefficient (Wildman–Crippen LogP) is 4.57. The molecule has 6 nitrogen and oxygen atoms in total. The van der Waals surface area contributed by atoms with Gasteiger partial charge in [-0.05, 0) is 37.1 Å². The fourth-order valence-corrected chi connectivity index (χ4v) is 3.76. The summed E-state index contributed by atoms with van der Waals surface area (Å²) in [4.78, 5) is 25.1. The Kier molecular flexibility index (Phi) is 5.90. The summed E-state index contributed by atoms with van der Waals surface area (Å²) >= 11 is 6.25. The third kappa shape index (κ3) is 3.99. The maximum absolute atomic E-state index is 12.8. The van der Waals surface area contributed by atoms with Crippen LogP contribution in [0.2, 0.25) is 5.02 Å². The SMILES string of the molecule is CCOC(=O)Cc1c(-c2cccc(C3OCCO3)c2)c2cc(C)c(Cl)cc2oc1=O. The summed E-state index contributed by atoms with van der Waals surface area (Å²) in [5.74, 6) is -0.491. The zero-order valence-electron chi connectivity index (χ0n) is 16.7.